The SMILES string of the molecule is CCC(C)NC(=O)c1c(Cl)cccc1[Si](C)(C)C. The van der Waals surface area contributed by atoms with Gasteiger partial charge in [-0.05, 0) is 24.6 Å². The molecule has 0 spiro atoms. The van der Waals surface area contributed by atoms with Crippen LogP contribution in [0, 0.1) is 0 Å². The maximum atomic E-state index is 12.3. The third-order valence-electron chi connectivity index (χ3n) is 3.04. The lowest BCUT2D eigenvalue weighted by molar-refractivity contribution is 0.0940. The molecule has 4 heteroatoms. The molecular weight excluding hydrogens is 262 g/mol. The van der Waals surface area contributed by atoms with E-state index in [1.54, 1.807) is 6.07 Å². The minimum absolute atomic E-state index is 0.0487. The van der Waals surface area contributed by atoms with Gasteiger partial charge in [-0.2, -0.15) is 0 Å². The number of carbonyl (C=O) groups excluding carboxylic acids is 1. The number of rotatable bonds is 4. The van der Waals surface area contributed by atoms with E-state index in [0.717, 1.165) is 11.6 Å². The Kier molecular flexibility index (Phi) is 4.99. The Morgan fingerprint density at radius 1 is 1.39 bits per heavy atom. The zero-order valence-corrected chi connectivity index (χ0v) is 13.6. The highest BCUT2D eigenvalue weighted by atomic mass is 35.5. The number of hydrogen-bond acceptors (Lipinski definition) is 1. The van der Waals surface area contributed by atoms with E-state index in [1.807, 2.05) is 19.1 Å². The van der Waals surface area contributed by atoms with Gasteiger partial charge in [-0.15, -0.1) is 0 Å². The van der Waals surface area contributed by atoms with Crippen molar-refractivity contribution in [2.24, 2.45) is 0 Å². The molecule has 1 unspecified atom stereocenters. The van der Waals surface area contributed by atoms with Crippen LogP contribution in [0.3, 0.4) is 0 Å². The van der Waals surface area contributed by atoms with Crippen molar-refractivity contribution >= 4 is 30.8 Å². The summed E-state index contributed by atoms with van der Waals surface area (Å²) in [5.41, 5.74) is 0.665. The molecule has 0 aromatic heterocycles. The quantitative estimate of drug-likeness (QED) is 0.843. The van der Waals surface area contributed by atoms with Crippen LogP contribution in [-0.4, -0.2) is 20.0 Å². The van der Waals surface area contributed by atoms with Crippen molar-refractivity contribution in [3.63, 3.8) is 0 Å². The summed E-state index contributed by atoms with van der Waals surface area (Å²) in [6.45, 7) is 10.7. The standard InChI is InChI=1S/C14H22ClNOSi/c1-6-10(2)16-14(17)13-11(15)8-7-9-12(13)18(3,4)5/h7-10H,6H2,1-5H3,(H,16,17). The van der Waals surface area contributed by atoms with Crippen LogP contribution in [0.1, 0.15) is 30.6 Å². The van der Waals surface area contributed by atoms with Gasteiger partial charge in [-0.3, -0.25) is 4.79 Å². The molecule has 0 bridgehead atoms. The Labute approximate surface area is 116 Å². The van der Waals surface area contributed by atoms with Crippen LogP contribution in [0.5, 0.6) is 0 Å². The van der Waals surface area contributed by atoms with Crippen LogP contribution in [0.25, 0.3) is 0 Å². The predicted octanol–water partition coefficient (Wildman–Crippen LogP) is 3.41. The Hall–Kier alpha value is -0.803. The minimum Gasteiger partial charge on any atom is -0.350 e. The fourth-order valence-electron chi connectivity index (χ4n) is 1.78. The third kappa shape index (κ3) is 3.59. The molecule has 0 aliphatic heterocycles. The van der Waals surface area contributed by atoms with E-state index in [4.69, 9.17) is 11.6 Å². The average molecular weight is 284 g/mol. The van der Waals surface area contributed by atoms with Crippen molar-refractivity contribution in [1.82, 2.24) is 5.32 Å². The Balaban J connectivity index is 3.18. The molecule has 0 saturated heterocycles. The first-order valence-corrected chi connectivity index (χ1v) is 10.2. The Morgan fingerprint density at radius 2 is 2.00 bits per heavy atom. The zero-order chi connectivity index (χ0) is 13.9. The number of halogens is 1. The molecule has 1 aromatic carbocycles. The summed E-state index contributed by atoms with van der Waals surface area (Å²) in [6, 6.07) is 5.92. The third-order valence-corrected chi connectivity index (χ3v) is 5.39. The molecule has 1 amide bonds. The lowest BCUT2D eigenvalue weighted by Crippen LogP contribution is -2.44. The first-order chi connectivity index (χ1) is 8.27. The summed E-state index contributed by atoms with van der Waals surface area (Å²) < 4.78 is 0. The van der Waals surface area contributed by atoms with Crippen LogP contribution < -0.4 is 10.5 Å². The van der Waals surface area contributed by atoms with E-state index in [0.29, 0.717) is 10.6 Å². The molecule has 0 saturated carbocycles. The fraction of sp³-hybridized carbons (Fsp3) is 0.500. The van der Waals surface area contributed by atoms with E-state index in [9.17, 15) is 4.79 Å². The molecule has 1 N–H and O–H groups in total. The van der Waals surface area contributed by atoms with Crippen LogP contribution in [0.15, 0.2) is 18.2 Å². The smallest absolute Gasteiger partial charge is 0.252 e. The summed E-state index contributed by atoms with van der Waals surface area (Å²) in [4.78, 5) is 12.3. The Bertz CT molecular complexity index is 440. The minimum atomic E-state index is -1.58. The molecular formula is C14H22ClNOSi. The highest BCUT2D eigenvalue weighted by molar-refractivity contribution is 6.89. The van der Waals surface area contributed by atoms with Gasteiger partial charge in [-0.25, -0.2) is 0 Å². The van der Waals surface area contributed by atoms with E-state index in [1.165, 1.54) is 0 Å². The van der Waals surface area contributed by atoms with Gasteiger partial charge in [0, 0.05) is 6.04 Å². The van der Waals surface area contributed by atoms with Crippen molar-refractivity contribution in [3.8, 4) is 0 Å². The highest BCUT2D eigenvalue weighted by Gasteiger charge is 2.25. The number of nitrogens with one attached hydrogen (secondary N) is 1. The first-order valence-electron chi connectivity index (χ1n) is 6.37. The van der Waals surface area contributed by atoms with Crippen LogP contribution >= 0.6 is 11.6 Å². The molecule has 0 heterocycles. The van der Waals surface area contributed by atoms with Crippen molar-refractivity contribution in [3.05, 3.63) is 28.8 Å². The van der Waals surface area contributed by atoms with Gasteiger partial charge in [0.2, 0.25) is 0 Å². The fourth-order valence-corrected chi connectivity index (χ4v) is 3.71. The lowest BCUT2D eigenvalue weighted by Gasteiger charge is -2.22. The van der Waals surface area contributed by atoms with Gasteiger partial charge < -0.3 is 5.32 Å². The van der Waals surface area contributed by atoms with Crippen molar-refractivity contribution in [2.45, 2.75) is 46.0 Å². The predicted molar refractivity (Wildman–Crippen MR) is 81.7 cm³/mol. The topological polar surface area (TPSA) is 29.1 Å². The summed E-state index contributed by atoms with van der Waals surface area (Å²) in [5.74, 6) is -0.0487. The second-order valence-corrected chi connectivity index (χ2v) is 11.1. The molecule has 1 rings (SSSR count). The van der Waals surface area contributed by atoms with Crippen molar-refractivity contribution < 1.29 is 4.79 Å². The van der Waals surface area contributed by atoms with Gasteiger partial charge in [0.1, 0.15) is 0 Å². The molecule has 1 aromatic rings. The van der Waals surface area contributed by atoms with Gasteiger partial charge in [-0.1, -0.05) is 50.3 Å². The molecule has 0 aliphatic rings. The number of carbonyl (C=O) groups is 1. The molecule has 100 valence electrons. The van der Waals surface area contributed by atoms with E-state index < -0.39 is 8.07 Å². The van der Waals surface area contributed by atoms with E-state index in [2.05, 4.69) is 31.9 Å². The molecule has 2 nitrogen and oxygen atoms in total. The summed E-state index contributed by atoms with van der Waals surface area (Å²) in [5, 5.41) is 4.67. The van der Waals surface area contributed by atoms with Crippen molar-refractivity contribution in [2.75, 3.05) is 0 Å². The molecule has 0 radical (unpaired) electrons. The number of hydrogen-bond donors (Lipinski definition) is 1. The largest absolute Gasteiger partial charge is 0.350 e. The second kappa shape index (κ2) is 5.89. The summed E-state index contributed by atoms with van der Waals surface area (Å²) in [7, 11) is -1.58. The van der Waals surface area contributed by atoms with Crippen LogP contribution in [0.2, 0.25) is 24.7 Å². The second-order valence-electron chi connectivity index (χ2n) is 5.70. The maximum absolute atomic E-state index is 12.3. The van der Waals surface area contributed by atoms with Gasteiger partial charge in [0.15, 0.2) is 0 Å². The molecule has 0 fully saturated rings. The normalized spacial score (nSPS) is 13.2. The van der Waals surface area contributed by atoms with Crippen molar-refractivity contribution in [1.29, 1.82) is 0 Å². The number of amides is 1. The van der Waals surface area contributed by atoms with Gasteiger partial charge >= 0.3 is 0 Å². The molecule has 18 heavy (non-hydrogen) atoms. The first kappa shape index (κ1) is 15.3. The summed E-state index contributed by atoms with van der Waals surface area (Å²) in [6.07, 6.45) is 0.915. The lowest BCUT2D eigenvalue weighted by atomic mass is 10.2. The van der Waals surface area contributed by atoms with Gasteiger partial charge in [0.25, 0.3) is 5.91 Å². The maximum Gasteiger partial charge on any atom is 0.252 e. The average Bonchev–Trinajstić information content (AvgIpc) is 2.27. The highest BCUT2D eigenvalue weighted by Crippen LogP contribution is 2.17. The Morgan fingerprint density at radius 3 is 2.50 bits per heavy atom. The van der Waals surface area contributed by atoms with E-state index >= 15 is 0 Å². The van der Waals surface area contributed by atoms with E-state index in [-0.39, 0.29) is 11.9 Å². The molecule has 1 atom stereocenters. The summed E-state index contributed by atoms with van der Waals surface area (Å²) >= 11 is 6.22. The number of benzene rings is 1. The monoisotopic (exact) mass is 283 g/mol. The van der Waals surface area contributed by atoms with Gasteiger partial charge in [0.05, 0.1) is 18.7 Å². The molecule has 0 aliphatic carbocycles. The zero-order valence-electron chi connectivity index (χ0n) is 11.8. The van der Waals surface area contributed by atoms with Crippen LogP contribution in [-0.2, 0) is 0 Å². The van der Waals surface area contributed by atoms with Crippen LogP contribution in [0.4, 0.5) is 0 Å².